The van der Waals surface area contributed by atoms with Crippen LogP contribution in [-0.2, 0) is 0 Å². The summed E-state index contributed by atoms with van der Waals surface area (Å²) >= 11 is 0. The van der Waals surface area contributed by atoms with Crippen molar-refractivity contribution in [2.45, 2.75) is 20.8 Å². The molecule has 0 bridgehead atoms. The van der Waals surface area contributed by atoms with Crippen LogP contribution in [0.5, 0.6) is 0 Å². The summed E-state index contributed by atoms with van der Waals surface area (Å²) in [6.45, 7) is 6.95. The Morgan fingerprint density at radius 1 is 0.696 bits per heavy atom. The van der Waals surface area contributed by atoms with Gasteiger partial charge in [-0.05, 0) is 43.8 Å². The molecule has 0 saturated carbocycles. The zero-order chi connectivity index (χ0) is 16.0. The second-order valence-electron chi connectivity index (χ2n) is 6.54. The number of rotatable bonds is 1. The van der Waals surface area contributed by atoms with Crippen molar-refractivity contribution in [3.8, 4) is 0 Å². The molecule has 1 heterocycles. The maximum Gasteiger partial charge on any atom is 0.247 e. The van der Waals surface area contributed by atoms with E-state index >= 15 is 0 Å². The third-order valence-corrected chi connectivity index (χ3v) is 4.84. The lowest BCUT2D eigenvalue weighted by atomic mass is 9.34. The second-order valence-corrected chi connectivity index (χ2v) is 6.54. The topological polar surface area (TPSA) is 12.0 Å². The fraction of sp³-hybridized carbons (Fsp3) is 0.143. The van der Waals surface area contributed by atoms with E-state index in [1.807, 2.05) is 0 Å². The highest BCUT2D eigenvalue weighted by Crippen LogP contribution is 2.21. The second kappa shape index (κ2) is 5.31. The van der Waals surface area contributed by atoms with E-state index in [2.05, 4.69) is 86.8 Å². The van der Waals surface area contributed by atoms with Gasteiger partial charge in [-0.1, -0.05) is 70.7 Å². The molecule has 0 spiro atoms. The normalized spacial score (nSPS) is 12.4. The Labute approximate surface area is 138 Å². The lowest BCUT2D eigenvalue weighted by molar-refractivity contribution is 1.35. The van der Waals surface area contributed by atoms with Crippen molar-refractivity contribution in [1.82, 2.24) is 0 Å². The van der Waals surface area contributed by atoms with Gasteiger partial charge in [-0.3, -0.25) is 0 Å². The molecule has 3 aromatic rings. The van der Waals surface area contributed by atoms with Gasteiger partial charge in [0.15, 0.2) is 0 Å². The Morgan fingerprint density at radius 2 is 1.17 bits per heavy atom. The van der Waals surface area contributed by atoms with E-state index in [1.54, 1.807) is 0 Å². The molecule has 1 nitrogen and oxygen atoms in total. The molecule has 1 N–H and O–H groups in total. The average molecular weight is 297 g/mol. The maximum absolute atomic E-state index is 3.59. The summed E-state index contributed by atoms with van der Waals surface area (Å²) in [4.78, 5) is 0. The van der Waals surface area contributed by atoms with Crippen molar-refractivity contribution in [3.63, 3.8) is 0 Å². The lowest BCUT2D eigenvalue weighted by Gasteiger charge is -2.29. The van der Waals surface area contributed by atoms with E-state index in [-0.39, 0.29) is 0 Å². The first-order valence-electron chi connectivity index (χ1n) is 8.18. The van der Waals surface area contributed by atoms with Gasteiger partial charge in [0.25, 0.3) is 0 Å². The van der Waals surface area contributed by atoms with Crippen molar-refractivity contribution in [2.75, 3.05) is 5.32 Å². The van der Waals surface area contributed by atoms with E-state index < -0.39 is 0 Å². The third-order valence-electron chi connectivity index (χ3n) is 4.84. The summed E-state index contributed by atoms with van der Waals surface area (Å²) in [5, 5.41) is 3.59. The molecular weight excluding hydrogens is 277 g/mol. The maximum atomic E-state index is 3.59. The van der Waals surface area contributed by atoms with Gasteiger partial charge in [0.05, 0.1) is 0 Å². The predicted octanol–water partition coefficient (Wildman–Crippen LogP) is 3.19. The van der Waals surface area contributed by atoms with Gasteiger partial charge in [0.1, 0.15) is 0 Å². The number of anilines is 2. The average Bonchev–Trinajstić information content (AvgIpc) is 2.53. The van der Waals surface area contributed by atoms with E-state index in [4.69, 9.17) is 0 Å². The van der Waals surface area contributed by atoms with Crippen LogP contribution in [0.4, 0.5) is 11.4 Å². The van der Waals surface area contributed by atoms with E-state index in [9.17, 15) is 0 Å². The summed E-state index contributed by atoms with van der Waals surface area (Å²) < 4.78 is 0. The molecule has 0 atom stereocenters. The monoisotopic (exact) mass is 297 g/mol. The molecule has 0 aliphatic carbocycles. The SMILES string of the molecule is Cc1cc(C)c(B2c3ccccc3Nc3ccccc32)c(C)c1. The molecule has 0 aromatic heterocycles. The Hall–Kier alpha value is -2.48. The molecule has 0 fully saturated rings. The van der Waals surface area contributed by atoms with Gasteiger partial charge < -0.3 is 5.32 Å². The van der Waals surface area contributed by atoms with Crippen LogP contribution in [0.3, 0.4) is 0 Å². The van der Waals surface area contributed by atoms with Crippen LogP contribution in [0, 0.1) is 20.8 Å². The molecule has 0 amide bonds. The van der Waals surface area contributed by atoms with Crippen LogP contribution in [0.1, 0.15) is 16.7 Å². The van der Waals surface area contributed by atoms with Gasteiger partial charge in [0, 0.05) is 11.4 Å². The zero-order valence-electron chi connectivity index (χ0n) is 13.9. The van der Waals surface area contributed by atoms with Gasteiger partial charge in [-0.25, -0.2) is 0 Å². The van der Waals surface area contributed by atoms with Crippen LogP contribution in [0.15, 0.2) is 60.7 Å². The first-order chi connectivity index (χ1) is 11.1. The summed E-state index contributed by atoms with van der Waals surface area (Å²) in [6.07, 6.45) is 0. The van der Waals surface area contributed by atoms with Crippen LogP contribution >= 0.6 is 0 Å². The summed E-state index contributed by atoms with van der Waals surface area (Å²) in [5.41, 5.74) is 10.7. The van der Waals surface area contributed by atoms with E-state index in [0.29, 0.717) is 6.71 Å². The molecule has 3 aromatic carbocycles. The Bertz CT molecular complexity index is 829. The molecule has 0 unspecified atom stereocenters. The molecule has 23 heavy (non-hydrogen) atoms. The highest BCUT2D eigenvalue weighted by molar-refractivity contribution is 6.98. The highest BCUT2D eigenvalue weighted by Gasteiger charge is 2.32. The van der Waals surface area contributed by atoms with E-state index in [0.717, 1.165) is 0 Å². The number of fused-ring (bicyclic) bond motifs is 2. The number of para-hydroxylation sites is 2. The summed E-state index contributed by atoms with van der Waals surface area (Å²) in [5.74, 6) is 0. The Morgan fingerprint density at radius 3 is 1.70 bits per heavy atom. The van der Waals surface area contributed by atoms with Crippen molar-refractivity contribution >= 4 is 34.5 Å². The van der Waals surface area contributed by atoms with Crippen LogP contribution < -0.4 is 21.7 Å². The minimum Gasteiger partial charge on any atom is -0.356 e. The van der Waals surface area contributed by atoms with Gasteiger partial charge >= 0.3 is 0 Å². The minimum absolute atomic E-state index is 0.296. The van der Waals surface area contributed by atoms with Crippen molar-refractivity contribution < 1.29 is 0 Å². The minimum atomic E-state index is 0.296. The molecule has 112 valence electrons. The van der Waals surface area contributed by atoms with Gasteiger partial charge in [-0.15, -0.1) is 0 Å². The molecule has 1 aliphatic rings. The first-order valence-corrected chi connectivity index (χ1v) is 8.18. The third kappa shape index (κ3) is 2.26. The smallest absolute Gasteiger partial charge is 0.247 e. The molecule has 2 heteroatoms. The van der Waals surface area contributed by atoms with E-state index in [1.165, 1.54) is 44.5 Å². The largest absolute Gasteiger partial charge is 0.356 e. The van der Waals surface area contributed by atoms with Crippen molar-refractivity contribution in [2.24, 2.45) is 0 Å². The molecule has 0 radical (unpaired) electrons. The summed E-state index contributed by atoms with van der Waals surface area (Å²) in [7, 11) is 0. The zero-order valence-corrected chi connectivity index (χ0v) is 13.9. The van der Waals surface area contributed by atoms with Gasteiger partial charge in [-0.2, -0.15) is 0 Å². The Balaban J connectivity index is 2.02. The number of aryl methyl sites for hydroxylation is 3. The van der Waals surface area contributed by atoms with Gasteiger partial charge in [0.2, 0.25) is 6.71 Å². The molecule has 1 aliphatic heterocycles. The predicted molar refractivity (Wildman–Crippen MR) is 101 cm³/mol. The molecular formula is C21H20BN. The van der Waals surface area contributed by atoms with Crippen LogP contribution in [0.2, 0.25) is 0 Å². The van der Waals surface area contributed by atoms with Crippen LogP contribution in [-0.4, -0.2) is 6.71 Å². The quantitative estimate of drug-likeness (QED) is 0.532. The number of nitrogens with one attached hydrogen (secondary N) is 1. The number of hydrogen-bond donors (Lipinski definition) is 1. The number of benzene rings is 3. The van der Waals surface area contributed by atoms with Crippen LogP contribution in [0.25, 0.3) is 0 Å². The fourth-order valence-electron chi connectivity index (χ4n) is 4.00. The highest BCUT2D eigenvalue weighted by atomic mass is 14.9. The standard InChI is InChI=1S/C21H20BN/c1-14-12-15(2)21(16(3)13-14)22-17-8-4-6-10-19(17)23-20-11-7-5-9-18(20)22/h4-13,23H,1-3H3. The number of hydrogen-bond acceptors (Lipinski definition) is 1. The van der Waals surface area contributed by atoms with Crippen molar-refractivity contribution in [3.05, 3.63) is 77.4 Å². The Kier molecular flexibility index (Phi) is 3.26. The molecule has 0 saturated heterocycles. The summed E-state index contributed by atoms with van der Waals surface area (Å²) in [6, 6.07) is 21.9. The lowest BCUT2D eigenvalue weighted by Crippen LogP contribution is -2.57. The molecule has 4 rings (SSSR count). The van der Waals surface area contributed by atoms with Crippen molar-refractivity contribution in [1.29, 1.82) is 0 Å². The first kappa shape index (κ1) is 14.1. The fourth-order valence-corrected chi connectivity index (χ4v) is 4.00.